The maximum absolute atomic E-state index is 12.9. The summed E-state index contributed by atoms with van der Waals surface area (Å²) in [6, 6.07) is 13.9. The molecule has 0 radical (unpaired) electrons. The second-order valence-corrected chi connectivity index (χ2v) is 6.16. The van der Waals surface area contributed by atoms with Gasteiger partial charge in [0.1, 0.15) is 17.2 Å². The topological polar surface area (TPSA) is 88.1 Å². The third-order valence-electron chi connectivity index (χ3n) is 3.85. The predicted molar refractivity (Wildman–Crippen MR) is 108 cm³/mol. The van der Waals surface area contributed by atoms with Crippen molar-refractivity contribution in [2.24, 2.45) is 0 Å². The first-order valence-corrected chi connectivity index (χ1v) is 8.94. The molecule has 3 rings (SSSR count). The molecule has 1 aliphatic heterocycles. The van der Waals surface area contributed by atoms with Crippen molar-refractivity contribution in [3.8, 4) is 11.5 Å². The van der Waals surface area contributed by atoms with Crippen LogP contribution < -0.4 is 19.7 Å². The van der Waals surface area contributed by atoms with Crippen molar-refractivity contribution < 1.29 is 24.2 Å². The standard InChI is InChI=1S/C20H18N2O5S/c1-2-26-15-9-7-14(8-10-15)22-19(25)16(21-20(22)28)11-13-5-3-4-6-17(13)27-12-18(23)24/h3-11H,2,12H2,1H3,(H,21,28)(H,23,24)/b16-11+. The summed E-state index contributed by atoms with van der Waals surface area (Å²) < 4.78 is 10.7. The Morgan fingerprint density at radius 2 is 1.89 bits per heavy atom. The van der Waals surface area contributed by atoms with E-state index in [9.17, 15) is 9.59 Å². The molecular weight excluding hydrogens is 380 g/mol. The lowest BCUT2D eigenvalue weighted by Crippen LogP contribution is -2.30. The van der Waals surface area contributed by atoms with E-state index in [0.717, 1.165) is 0 Å². The smallest absolute Gasteiger partial charge is 0.341 e. The molecule has 1 aliphatic rings. The number of hydrogen-bond donors (Lipinski definition) is 2. The zero-order valence-electron chi connectivity index (χ0n) is 15.0. The van der Waals surface area contributed by atoms with E-state index in [4.69, 9.17) is 26.8 Å². The highest BCUT2D eigenvalue weighted by Crippen LogP contribution is 2.27. The monoisotopic (exact) mass is 398 g/mol. The van der Waals surface area contributed by atoms with Crippen LogP contribution in [0.25, 0.3) is 6.08 Å². The van der Waals surface area contributed by atoms with Gasteiger partial charge in [0, 0.05) is 5.56 Å². The molecule has 28 heavy (non-hydrogen) atoms. The number of carbonyl (C=O) groups excluding carboxylic acids is 1. The summed E-state index contributed by atoms with van der Waals surface area (Å²) in [6.45, 7) is 1.97. The predicted octanol–water partition coefficient (Wildman–Crippen LogP) is 2.81. The summed E-state index contributed by atoms with van der Waals surface area (Å²) in [5, 5.41) is 12.0. The lowest BCUT2D eigenvalue weighted by molar-refractivity contribution is -0.139. The molecule has 144 valence electrons. The lowest BCUT2D eigenvalue weighted by Gasteiger charge is -2.14. The molecule has 2 aromatic rings. The van der Waals surface area contributed by atoms with Crippen molar-refractivity contribution in [3.63, 3.8) is 0 Å². The summed E-state index contributed by atoms with van der Waals surface area (Å²) in [5.74, 6) is -0.336. The van der Waals surface area contributed by atoms with Gasteiger partial charge in [-0.05, 0) is 55.5 Å². The molecule has 0 spiro atoms. The van der Waals surface area contributed by atoms with Gasteiger partial charge >= 0.3 is 5.97 Å². The average molecular weight is 398 g/mol. The molecule has 2 aromatic carbocycles. The molecule has 0 saturated carbocycles. The van der Waals surface area contributed by atoms with Crippen LogP contribution >= 0.6 is 12.2 Å². The van der Waals surface area contributed by atoms with Crippen LogP contribution in [0, 0.1) is 0 Å². The first-order valence-electron chi connectivity index (χ1n) is 8.53. The van der Waals surface area contributed by atoms with E-state index < -0.39 is 12.6 Å². The minimum atomic E-state index is -1.08. The third-order valence-corrected chi connectivity index (χ3v) is 4.14. The van der Waals surface area contributed by atoms with Crippen LogP contribution in [-0.2, 0) is 9.59 Å². The van der Waals surface area contributed by atoms with E-state index in [1.165, 1.54) is 4.90 Å². The summed E-state index contributed by atoms with van der Waals surface area (Å²) in [6.07, 6.45) is 1.58. The summed E-state index contributed by atoms with van der Waals surface area (Å²) >= 11 is 5.31. The summed E-state index contributed by atoms with van der Waals surface area (Å²) in [4.78, 5) is 25.0. The normalized spacial score (nSPS) is 14.9. The number of nitrogens with zero attached hydrogens (tertiary/aromatic N) is 1. The Bertz CT molecular complexity index is 940. The highest BCUT2D eigenvalue weighted by Gasteiger charge is 2.32. The van der Waals surface area contributed by atoms with Gasteiger partial charge in [0.25, 0.3) is 5.91 Å². The number of rotatable bonds is 7. The number of ether oxygens (including phenoxy) is 2. The third kappa shape index (κ3) is 4.29. The molecule has 8 heteroatoms. The maximum Gasteiger partial charge on any atom is 0.341 e. The van der Waals surface area contributed by atoms with E-state index in [0.29, 0.717) is 29.4 Å². The van der Waals surface area contributed by atoms with Gasteiger partial charge in [-0.2, -0.15) is 0 Å². The minimum absolute atomic E-state index is 0.254. The van der Waals surface area contributed by atoms with Crippen molar-refractivity contribution >= 4 is 41.0 Å². The van der Waals surface area contributed by atoms with Gasteiger partial charge < -0.3 is 19.9 Å². The van der Waals surface area contributed by atoms with Crippen LogP contribution in [-0.4, -0.2) is 35.3 Å². The maximum atomic E-state index is 12.9. The second-order valence-electron chi connectivity index (χ2n) is 5.78. The summed E-state index contributed by atoms with van der Waals surface area (Å²) in [5.41, 5.74) is 1.45. The Hall–Kier alpha value is -3.39. The molecule has 0 aliphatic carbocycles. The van der Waals surface area contributed by atoms with Crippen LogP contribution in [0.1, 0.15) is 12.5 Å². The number of carbonyl (C=O) groups is 2. The van der Waals surface area contributed by atoms with Gasteiger partial charge in [-0.3, -0.25) is 9.69 Å². The molecular formula is C20H18N2O5S. The number of nitrogens with one attached hydrogen (secondary N) is 1. The zero-order valence-corrected chi connectivity index (χ0v) is 15.9. The van der Waals surface area contributed by atoms with Crippen molar-refractivity contribution in [2.45, 2.75) is 6.92 Å². The fraction of sp³-hybridized carbons (Fsp3) is 0.150. The molecule has 0 bridgehead atoms. The Balaban J connectivity index is 1.84. The molecule has 0 atom stereocenters. The Morgan fingerprint density at radius 3 is 2.57 bits per heavy atom. The van der Waals surface area contributed by atoms with Crippen molar-refractivity contribution in [2.75, 3.05) is 18.1 Å². The lowest BCUT2D eigenvalue weighted by atomic mass is 10.1. The minimum Gasteiger partial charge on any atom is -0.494 e. The first kappa shape index (κ1) is 19.4. The first-order chi connectivity index (χ1) is 13.5. The van der Waals surface area contributed by atoms with Crippen LogP contribution in [0.2, 0.25) is 0 Å². The Morgan fingerprint density at radius 1 is 1.18 bits per heavy atom. The van der Waals surface area contributed by atoms with Crippen LogP contribution in [0.15, 0.2) is 54.2 Å². The van der Waals surface area contributed by atoms with Crippen LogP contribution in [0.3, 0.4) is 0 Å². The SMILES string of the molecule is CCOc1ccc(N2C(=O)/C(=C\c3ccccc3OCC(=O)O)NC2=S)cc1. The van der Waals surface area contributed by atoms with Crippen LogP contribution in [0.4, 0.5) is 5.69 Å². The van der Waals surface area contributed by atoms with E-state index in [2.05, 4.69) is 5.32 Å². The van der Waals surface area contributed by atoms with Crippen molar-refractivity contribution in [1.82, 2.24) is 5.32 Å². The van der Waals surface area contributed by atoms with Crippen LogP contribution in [0.5, 0.6) is 11.5 Å². The molecule has 0 aromatic heterocycles. The Labute approximate surface area is 167 Å². The van der Waals surface area contributed by atoms with Gasteiger partial charge in [0.15, 0.2) is 11.7 Å². The number of carboxylic acid groups (broad SMARTS) is 1. The Kier molecular flexibility index (Phi) is 5.90. The molecule has 0 unspecified atom stereocenters. The number of para-hydroxylation sites is 1. The fourth-order valence-corrected chi connectivity index (χ4v) is 2.95. The van der Waals surface area contributed by atoms with Gasteiger partial charge in [-0.25, -0.2) is 4.79 Å². The largest absolute Gasteiger partial charge is 0.494 e. The molecule has 1 saturated heterocycles. The number of anilines is 1. The van der Waals surface area contributed by atoms with E-state index in [-0.39, 0.29) is 16.7 Å². The number of benzene rings is 2. The molecule has 1 amide bonds. The number of carboxylic acids is 1. The fourth-order valence-electron chi connectivity index (χ4n) is 2.65. The quantitative estimate of drug-likeness (QED) is 0.548. The van der Waals surface area contributed by atoms with Gasteiger partial charge in [-0.1, -0.05) is 18.2 Å². The van der Waals surface area contributed by atoms with E-state index in [1.54, 1.807) is 54.6 Å². The molecule has 1 heterocycles. The second kappa shape index (κ2) is 8.53. The van der Waals surface area contributed by atoms with Gasteiger partial charge in [-0.15, -0.1) is 0 Å². The molecule has 1 fully saturated rings. The summed E-state index contributed by atoms with van der Waals surface area (Å²) in [7, 11) is 0. The number of amides is 1. The number of aliphatic carboxylic acids is 1. The zero-order chi connectivity index (χ0) is 20.1. The highest BCUT2D eigenvalue weighted by molar-refractivity contribution is 7.80. The molecule has 2 N–H and O–H groups in total. The van der Waals surface area contributed by atoms with E-state index >= 15 is 0 Å². The van der Waals surface area contributed by atoms with Gasteiger partial charge in [0.2, 0.25) is 0 Å². The van der Waals surface area contributed by atoms with Crippen molar-refractivity contribution in [3.05, 3.63) is 59.8 Å². The van der Waals surface area contributed by atoms with E-state index in [1.807, 2.05) is 6.92 Å². The number of hydrogen-bond acceptors (Lipinski definition) is 5. The van der Waals surface area contributed by atoms with Crippen molar-refractivity contribution in [1.29, 1.82) is 0 Å². The highest BCUT2D eigenvalue weighted by atomic mass is 32.1. The molecule has 7 nitrogen and oxygen atoms in total. The van der Waals surface area contributed by atoms with Gasteiger partial charge in [0.05, 0.1) is 12.3 Å². The number of thiocarbonyl (C=S) groups is 1. The average Bonchev–Trinajstić information content (AvgIpc) is 2.95.